The summed E-state index contributed by atoms with van der Waals surface area (Å²) in [6.45, 7) is 2.00. The van der Waals surface area contributed by atoms with E-state index in [2.05, 4.69) is 47.3 Å². The molecule has 1 aromatic heterocycles. The number of hydrogen-bond donors (Lipinski definition) is 3. The van der Waals surface area contributed by atoms with Crippen LogP contribution < -0.4 is 20.3 Å². The number of benzene rings is 2. The molecule has 3 aromatic rings. The second kappa shape index (κ2) is 8.00. The van der Waals surface area contributed by atoms with Gasteiger partial charge in [0.2, 0.25) is 5.16 Å². The van der Waals surface area contributed by atoms with Gasteiger partial charge in [0, 0.05) is 15.1 Å². The average molecular weight is 541 g/mol. The minimum atomic E-state index is -0.469. The quantitative estimate of drug-likeness (QED) is 0.341. The molecule has 7 nitrogen and oxygen atoms in total. The zero-order chi connectivity index (χ0) is 20.7. The number of nitrogens with zero attached hydrogens (tertiary/aromatic N) is 2. The van der Waals surface area contributed by atoms with Crippen LogP contribution >= 0.6 is 43.6 Å². The molecule has 1 aliphatic heterocycles. The Morgan fingerprint density at radius 2 is 2.10 bits per heavy atom. The second-order valence-corrected chi connectivity index (χ2v) is 9.30. The molecule has 0 fully saturated rings. The van der Waals surface area contributed by atoms with Gasteiger partial charge in [-0.3, -0.25) is 9.78 Å². The number of aromatic nitrogens is 3. The Morgan fingerprint density at radius 1 is 1.31 bits per heavy atom. The molecule has 0 saturated heterocycles. The maximum Gasteiger partial charge on any atom is 0.325 e. The normalized spacial score (nSPS) is 14.7. The third-order valence-electron chi connectivity index (χ3n) is 4.50. The predicted octanol–water partition coefficient (Wildman–Crippen LogP) is 4.05. The fourth-order valence-corrected chi connectivity index (χ4v) is 4.65. The maximum atomic E-state index is 13.0. The lowest BCUT2D eigenvalue weighted by Crippen LogP contribution is -2.55. The average Bonchev–Trinajstić information content (AvgIpc) is 2.69. The number of rotatable bonds is 4. The van der Waals surface area contributed by atoms with Crippen LogP contribution in [0.3, 0.4) is 0 Å². The lowest BCUT2D eigenvalue weighted by Gasteiger charge is -2.23. The number of thioether (sulfide) groups is 1. The predicted molar refractivity (Wildman–Crippen MR) is 119 cm³/mol. The molecule has 29 heavy (non-hydrogen) atoms. The number of phenols is 1. The van der Waals surface area contributed by atoms with E-state index in [1.165, 1.54) is 18.9 Å². The number of nitrogens with one attached hydrogen (secondary N) is 2. The molecule has 0 aliphatic carbocycles. The monoisotopic (exact) mass is 539 g/mol. The van der Waals surface area contributed by atoms with Gasteiger partial charge >= 0.3 is 11.3 Å². The molecule has 1 atom stereocenters. The van der Waals surface area contributed by atoms with Crippen LogP contribution in [0.2, 0.25) is 0 Å². The molecular weight excluding hydrogens is 524 g/mol. The molecule has 0 saturated carbocycles. The summed E-state index contributed by atoms with van der Waals surface area (Å²) in [7, 11) is 1.49. The summed E-state index contributed by atoms with van der Waals surface area (Å²) in [6, 6.07) is 9.23. The zero-order valence-corrected chi connectivity index (χ0v) is 19.5. The number of halogens is 2. The van der Waals surface area contributed by atoms with Gasteiger partial charge in [-0.05, 0) is 56.7 Å². The molecular formula is C19H17Br2N4O3S+. The first-order valence-electron chi connectivity index (χ1n) is 8.74. The Bertz CT molecular complexity index is 1170. The number of aromatic amines is 1. The molecule has 0 bridgehead atoms. The highest BCUT2D eigenvalue weighted by atomic mass is 79.9. The van der Waals surface area contributed by atoms with E-state index in [-0.39, 0.29) is 11.3 Å². The molecule has 1 aliphatic rings. The van der Waals surface area contributed by atoms with E-state index in [1.54, 1.807) is 16.8 Å². The van der Waals surface area contributed by atoms with E-state index < -0.39 is 6.17 Å². The van der Waals surface area contributed by atoms with Crippen molar-refractivity contribution < 1.29 is 14.5 Å². The number of phenolic OH excluding ortho intramolecular Hbond substituents is 1. The maximum absolute atomic E-state index is 13.0. The van der Waals surface area contributed by atoms with Crippen LogP contribution in [0.15, 0.2) is 49.2 Å². The van der Waals surface area contributed by atoms with E-state index in [4.69, 9.17) is 4.74 Å². The van der Waals surface area contributed by atoms with Crippen molar-refractivity contribution in [2.45, 2.75) is 18.2 Å². The van der Waals surface area contributed by atoms with Gasteiger partial charge in [0.15, 0.2) is 11.5 Å². The van der Waals surface area contributed by atoms with Crippen molar-refractivity contribution in [3.05, 3.63) is 55.2 Å². The lowest BCUT2D eigenvalue weighted by molar-refractivity contribution is -0.759. The topological polar surface area (TPSA) is 91.1 Å². The van der Waals surface area contributed by atoms with Crippen LogP contribution in [0.25, 0.3) is 11.3 Å². The van der Waals surface area contributed by atoms with Crippen molar-refractivity contribution in [1.82, 2.24) is 10.1 Å². The molecule has 0 spiro atoms. The summed E-state index contributed by atoms with van der Waals surface area (Å²) in [6.07, 6.45) is -0.469. The number of hydrogen-bond acceptors (Lipinski definition) is 6. The molecule has 3 N–H and O–H groups in total. The first kappa shape index (κ1) is 20.2. The molecule has 2 heterocycles. The standard InChI is InChI=1S/C19H16Br2N4O3S/c1-3-29-19-23-18(27)15-11-8-10(20)4-5-13(11)22-17(25(15)24-19)9-6-12(21)16(26)14(7-9)28-2/h4-8,17H,3H2,1-2H3,(H2,23,24,26,27)/p+1/t17-/m0/s1. The zero-order valence-electron chi connectivity index (χ0n) is 15.5. The van der Waals surface area contributed by atoms with Gasteiger partial charge in [0.05, 0.1) is 22.8 Å². The Morgan fingerprint density at radius 3 is 2.83 bits per heavy atom. The number of fused-ring (bicyclic) bond motifs is 3. The van der Waals surface area contributed by atoms with Crippen molar-refractivity contribution in [1.29, 1.82) is 0 Å². The Kier molecular flexibility index (Phi) is 5.58. The third kappa shape index (κ3) is 3.64. The summed E-state index contributed by atoms with van der Waals surface area (Å²) in [5.74, 6) is 1.12. The van der Waals surface area contributed by atoms with Crippen LogP contribution in [0.4, 0.5) is 5.69 Å². The van der Waals surface area contributed by atoms with Crippen molar-refractivity contribution >= 4 is 49.3 Å². The SMILES string of the molecule is CCSc1n[n+]2c(c(=O)[nH]1)-c1cc(Br)ccc1N[C@@H]2c1cc(Br)c(O)c(OC)c1. The van der Waals surface area contributed by atoms with E-state index in [0.29, 0.717) is 21.1 Å². The molecule has 2 aromatic carbocycles. The van der Waals surface area contributed by atoms with Crippen molar-refractivity contribution in [2.24, 2.45) is 0 Å². The molecule has 4 rings (SSSR count). The van der Waals surface area contributed by atoms with Gasteiger partial charge in [-0.2, -0.15) is 0 Å². The van der Waals surface area contributed by atoms with Crippen molar-refractivity contribution in [3.8, 4) is 22.8 Å². The summed E-state index contributed by atoms with van der Waals surface area (Å²) >= 11 is 8.31. The fraction of sp³-hybridized carbons (Fsp3) is 0.211. The highest BCUT2D eigenvalue weighted by molar-refractivity contribution is 9.10. The van der Waals surface area contributed by atoms with Crippen LogP contribution in [-0.2, 0) is 0 Å². The van der Waals surface area contributed by atoms with Crippen molar-refractivity contribution in [2.75, 3.05) is 18.2 Å². The van der Waals surface area contributed by atoms with Gasteiger partial charge in [0.25, 0.3) is 6.17 Å². The molecule has 0 amide bonds. The smallest absolute Gasteiger partial charge is 0.325 e. The van der Waals surface area contributed by atoms with Crippen LogP contribution in [-0.4, -0.2) is 28.1 Å². The van der Waals surface area contributed by atoms with Crippen LogP contribution in [0, 0.1) is 0 Å². The summed E-state index contributed by atoms with van der Waals surface area (Å²) < 4.78 is 8.34. The van der Waals surface area contributed by atoms with Gasteiger partial charge in [-0.25, -0.2) is 0 Å². The molecule has 0 unspecified atom stereocenters. The van der Waals surface area contributed by atoms with E-state index >= 15 is 0 Å². The number of H-pyrrole nitrogens is 1. The van der Waals surface area contributed by atoms with Gasteiger partial charge in [0.1, 0.15) is 0 Å². The first-order valence-corrected chi connectivity index (χ1v) is 11.3. The number of methoxy groups -OCH3 is 1. The molecule has 0 radical (unpaired) electrons. The van der Waals surface area contributed by atoms with Crippen LogP contribution in [0.5, 0.6) is 11.5 Å². The molecule has 10 heteroatoms. The van der Waals surface area contributed by atoms with Gasteiger partial charge in [-0.1, -0.05) is 34.6 Å². The second-order valence-electron chi connectivity index (χ2n) is 6.28. The van der Waals surface area contributed by atoms with E-state index in [1.807, 2.05) is 25.1 Å². The van der Waals surface area contributed by atoms with Crippen LogP contribution in [0.1, 0.15) is 18.7 Å². The van der Waals surface area contributed by atoms with Gasteiger partial charge in [-0.15, -0.1) is 0 Å². The minimum Gasteiger partial charge on any atom is -0.503 e. The van der Waals surface area contributed by atoms with E-state index in [9.17, 15) is 9.90 Å². The van der Waals surface area contributed by atoms with E-state index in [0.717, 1.165) is 27.0 Å². The lowest BCUT2D eigenvalue weighted by atomic mass is 10.0. The number of ether oxygens (including phenoxy) is 1. The summed E-state index contributed by atoms with van der Waals surface area (Å²) in [4.78, 5) is 15.9. The third-order valence-corrected chi connectivity index (χ3v) is 6.35. The Hall–Kier alpha value is -2.04. The largest absolute Gasteiger partial charge is 0.503 e. The Labute approximate surface area is 187 Å². The number of anilines is 1. The molecule has 150 valence electrons. The summed E-state index contributed by atoms with van der Waals surface area (Å²) in [5, 5.41) is 18.9. The highest BCUT2D eigenvalue weighted by Gasteiger charge is 2.38. The fourth-order valence-electron chi connectivity index (χ4n) is 3.25. The summed E-state index contributed by atoms with van der Waals surface area (Å²) in [5.41, 5.74) is 2.57. The first-order chi connectivity index (χ1) is 13.9. The van der Waals surface area contributed by atoms with Gasteiger partial charge < -0.3 is 15.2 Å². The Balaban J connectivity index is 1.98. The highest BCUT2D eigenvalue weighted by Crippen LogP contribution is 2.39. The number of aromatic hydroxyl groups is 1. The minimum absolute atomic E-state index is 0.0164. The van der Waals surface area contributed by atoms with Crippen molar-refractivity contribution in [3.63, 3.8) is 0 Å².